The van der Waals surface area contributed by atoms with Crippen LogP contribution in [0.25, 0.3) is 0 Å². The molecule has 0 aliphatic carbocycles. The Kier molecular flexibility index (Phi) is 11.6. The van der Waals surface area contributed by atoms with E-state index in [1.54, 1.807) is 30.3 Å². The summed E-state index contributed by atoms with van der Waals surface area (Å²) in [6.45, 7) is 3.35. The van der Waals surface area contributed by atoms with Gasteiger partial charge in [0.25, 0.3) is 5.91 Å². The van der Waals surface area contributed by atoms with Gasteiger partial charge in [0.15, 0.2) is 0 Å². The summed E-state index contributed by atoms with van der Waals surface area (Å²) in [5.74, 6) is -1.01. The third-order valence-corrected chi connectivity index (χ3v) is 3.90. The first-order valence-corrected chi connectivity index (χ1v) is 8.56. The number of aromatic nitrogens is 2. The Morgan fingerprint density at radius 1 is 1.07 bits per heavy atom. The van der Waals surface area contributed by atoms with Crippen molar-refractivity contribution in [1.29, 1.82) is 0 Å². The van der Waals surface area contributed by atoms with Crippen molar-refractivity contribution in [1.82, 2.24) is 20.8 Å². The molecule has 1 unspecified atom stereocenters. The van der Waals surface area contributed by atoms with Crippen LogP contribution in [0.1, 0.15) is 25.5 Å². The van der Waals surface area contributed by atoms with Gasteiger partial charge < -0.3 is 21.7 Å². The molecular formula is C18H26Cl2N6O3. The minimum absolute atomic E-state index is 0. The smallest absolute Gasteiger partial charge is 0.252 e. The zero-order valence-corrected chi connectivity index (χ0v) is 17.7. The number of benzene rings is 1. The van der Waals surface area contributed by atoms with E-state index in [9.17, 15) is 14.4 Å². The number of rotatable bonds is 8. The lowest BCUT2D eigenvalue weighted by Crippen LogP contribution is -2.48. The first-order chi connectivity index (χ1) is 12.9. The molecule has 6 N–H and O–H groups in total. The predicted octanol–water partition coefficient (Wildman–Crippen LogP) is 1.15. The minimum atomic E-state index is -0.933. The molecule has 2 rings (SSSR count). The Morgan fingerprint density at radius 2 is 1.72 bits per heavy atom. The van der Waals surface area contributed by atoms with Crippen LogP contribution in [-0.4, -0.2) is 40.5 Å². The van der Waals surface area contributed by atoms with Crippen molar-refractivity contribution in [3.63, 3.8) is 0 Å². The average molecular weight is 445 g/mol. The molecule has 1 heterocycles. The van der Waals surface area contributed by atoms with Crippen LogP contribution >= 0.6 is 24.8 Å². The van der Waals surface area contributed by atoms with Crippen LogP contribution in [0, 0.1) is 5.92 Å². The van der Waals surface area contributed by atoms with Crippen LogP contribution in [0.15, 0.2) is 42.6 Å². The zero-order chi connectivity index (χ0) is 19.8. The Morgan fingerprint density at radius 3 is 2.28 bits per heavy atom. The molecule has 11 heteroatoms. The summed E-state index contributed by atoms with van der Waals surface area (Å²) in [5.41, 5.74) is 6.35. The maximum Gasteiger partial charge on any atom is 0.252 e. The average Bonchev–Trinajstić information content (AvgIpc) is 3.17. The molecule has 0 bridgehead atoms. The molecule has 0 aliphatic rings. The minimum Gasteiger partial charge on any atom is -0.346 e. The number of hydrogen-bond donors (Lipinski definition) is 5. The summed E-state index contributed by atoms with van der Waals surface area (Å²) in [6.07, 6.45) is 1.50. The second-order valence-corrected chi connectivity index (χ2v) is 6.36. The van der Waals surface area contributed by atoms with Gasteiger partial charge in [0, 0.05) is 6.07 Å². The molecular weight excluding hydrogens is 419 g/mol. The lowest BCUT2D eigenvalue weighted by molar-refractivity contribution is -0.129. The van der Waals surface area contributed by atoms with Crippen LogP contribution in [0.2, 0.25) is 0 Å². The molecule has 29 heavy (non-hydrogen) atoms. The van der Waals surface area contributed by atoms with E-state index >= 15 is 0 Å². The quantitative estimate of drug-likeness (QED) is 0.414. The molecule has 3 amide bonds. The number of halogens is 2. The van der Waals surface area contributed by atoms with Gasteiger partial charge in [-0.1, -0.05) is 44.2 Å². The van der Waals surface area contributed by atoms with E-state index in [4.69, 9.17) is 5.73 Å². The fourth-order valence-electron chi connectivity index (χ4n) is 2.28. The second kappa shape index (κ2) is 12.8. The number of hydrogen-bond acceptors (Lipinski definition) is 5. The van der Waals surface area contributed by atoms with Crippen molar-refractivity contribution < 1.29 is 14.4 Å². The van der Waals surface area contributed by atoms with Crippen LogP contribution in [0.4, 0.5) is 5.82 Å². The fraction of sp³-hybridized carbons (Fsp3) is 0.333. The van der Waals surface area contributed by atoms with Crippen molar-refractivity contribution in [2.75, 3.05) is 11.9 Å². The summed E-state index contributed by atoms with van der Waals surface area (Å²) in [7, 11) is 0. The number of nitrogens with zero attached hydrogens (tertiary/aromatic N) is 1. The van der Waals surface area contributed by atoms with E-state index in [2.05, 4.69) is 26.1 Å². The Labute approximate surface area is 181 Å². The molecule has 2 atom stereocenters. The van der Waals surface area contributed by atoms with Crippen molar-refractivity contribution >= 4 is 48.4 Å². The lowest BCUT2D eigenvalue weighted by Gasteiger charge is -2.19. The number of carbonyl (C=O) groups excluding carboxylic acids is 3. The number of aromatic amines is 1. The van der Waals surface area contributed by atoms with Gasteiger partial charge in [0.2, 0.25) is 11.8 Å². The maximum atomic E-state index is 12.6. The topological polar surface area (TPSA) is 142 Å². The van der Waals surface area contributed by atoms with E-state index in [0.717, 1.165) is 0 Å². The number of H-pyrrole nitrogens is 1. The third kappa shape index (κ3) is 8.10. The molecule has 160 valence electrons. The summed E-state index contributed by atoms with van der Waals surface area (Å²) in [6, 6.07) is 8.75. The summed E-state index contributed by atoms with van der Waals surface area (Å²) >= 11 is 0. The molecule has 0 spiro atoms. The number of nitrogens with two attached hydrogens (primary N) is 1. The molecule has 1 aromatic heterocycles. The highest BCUT2D eigenvalue weighted by Gasteiger charge is 2.24. The monoisotopic (exact) mass is 444 g/mol. The number of carbonyl (C=O) groups is 3. The second-order valence-electron chi connectivity index (χ2n) is 6.36. The predicted molar refractivity (Wildman–Crippen MR) is 115 cm³/mol. The van der Waals surface area contributed by atoms with Gasteiger partial charge in [-0.25, -0.2) is 0 Å². The van der Waals surface area contributed by atoms with E-state index in [-0.39, 0.29) is 37.3 Å². The third-order valence-electron chi connectivity index (χ3n) is 3.90. The van der Waals surface area contributed by atoms with Crippen molar-refractivity contribution in [3.05, 3.63) is 48.2 Å². The first kappa shape index (κ1) is 26.4. The van der Waals surface area contributed by atoms with E-state index in [1.165, 1.54) is 6.20 Å². The van der Waals surface area contributed by atoms with Gasteiger partial charge in [0.05, 0.1) is 18.8 Å². The summed E-state index contributed by atoms with van der Waals surface area (Å²) in [5, 5.41) is 14.1. The standard InChI is InChI=1S/C18H24N6O3.2ClH/c1-11(2)15(19)17(26)20-10-14(25)23-16(12-6-4-3-5-7-12)18(27)22-13-8-9-21-24-13;;/h3-9,11,15-16H,10,19H2,1-2H3,(H,20,26)(H,23,25)(H2,21,22,24,27);2*1H/t15-,16?;;/m0../s1. The van der Waals surface area contributed by atoms with Gasteiger partial charge in [-0.2, -0.15) is 5.10 Å². The highest BCUT2D eigenvalue weighted by molar-refractivity contribution is 5.98. The van der Waals surface area contributed by atoms with Gasteiger partial charge >= 0.3 is 0 Å². The van der Waals surface area contributed by atoms with Crippen molar-refractivity contribution in [2.45, 2.75) is 25.9 Å². The number of anilines is 1. The van der Waals surface area contributed by atoms with Crippen molar-refractivity contribution in [2.24, 2.45) is 11.7 Å². The van der Waals surface area contributed by atoms with Crippen molar-refractivity contribution in [3.8, 4) is 0 Å². The normalized spacial score (nSPS) is 12.0. The van der Waals surface area contributed by atoms with Gasteiger partial charge in [-0.3, -0.25) is 19.5 Å². The number of amides is 3. The van der Waals surface area contributed by atoms with E-state index in [0.29, 0.717) is 11.4 Å². The highest BCUT2D eigenvalue weighted by atomic mass is 35.5. The molecule has 0 saturated carbocycles. The maximum absolute atomic E-state index is 12.6. The van der Waals surface area contributed by atoms with E-state index < -0.39 is 29.8 Å². The summed E-state index contributed by atoms with van der Waals surface area (Å²) < 4.78 is 0. The molecule has 0 aliphatic heterocycles. The Bertz CT molecular complexity index is 771. The largest absolute Gasteiger partial charge is 0.346 e. The zero-order valence-electron chi connectivity index (χ0n) is 16.0. The Balaban J connectivity index is 0.00000392. The van der Waals surface area contributed by atoms with E-state index in [1.807, 2.05) is 19.9 Å². The van der Waals surface area contributed by atoms with Crippen LogP contribution in [0.5, 0.6) is 0 Å². The lowest BCUT2D eigenvalue weighted by atomic mass is 10.0. The molecule has 0 saturated heterocycles. The number of nitrogens with one attached hydrogen (secondary N) is 4. The van der Waals surface area contributed by atoms with Gasteiger partial charge in [-0.15, -0.1) is 24.8 Å². The molecule has 9 nitrogen and oxygen atoms in total. The molecule has 0 radical (unpaired) electrons. The Hall–Kier alpha value is -2.62. The first-order valence-electron chi connectivity index (χ1n) is 8.56. The van der Waals surface area contributed by atoms with Gasteiger partial charge in [-0.05, 0) is 11.5 Å². The molecule has 0 fully saturated rings. The highest BCUT2D eigenvalue weighted by Crippen LogP contribution is 2.15. The molecule has 2 aromatic rings. The van der Waals surface area contributed by atoms with Crippen LogP contribution in [0.3, 0.4) is 0 Å². The fourth-order valence-corrected chi connectivity index (χ4v) is 2.28. The molecule has 1 aromatic carbocycles. The van der Waals surface area contributed by atoms with Crippen LogP contribution in [-0.2, 0) is 14.4 Å². The van der Waals surface area contributed by atoms with Gasteiger partial charge in [0.1, 0.15) is 11.9 Å². The van der Waals surface area contributed by atoms with Crippen LogP contribution < -0.4 is 21.7 Å². The summed E-state index contributed by atoms with van der Waals surface area (Å²) in [4.78, 5) is 36.7. The SMILES string of the molecule is CC(C)[C@H](N)C(=O)NCC(=O)NC(C(=O)Nc1ccn[nH]1)c1ccccc1.Cl.Cl.